The van der Waals surface area contributed by atoms with Crippen molar-refractivity contribution < 1.29 is 28.5 Å². The lowest BCUT2D eigenvalue weighted by molar-refractivity contribution is -0.129. The molecule has 7 heteroatoms. The minimum Gasteiger partial charge on any atom is -0.379 e. The Morgan fingerprint density at radius 3 is 2.05 bits per heavy atom. The Bertz CT molecular complexity index is 259. The molecule has 0 radical (unpaired) electrons. The monoisotopic (exact) mass is 291 g/mol. The zero-order valence-electron chi connectivity index (χ0n) is 12.3. The third-order valence-electron chi connectivity index (χ3n) is 2.06. The number of Topliss-reactive ketones (excluding diaryl/α,β-unsaturated/α-hetero) is 1. The van der Waals surface area contributed by atoms with Crippen LogP contribution in [-0.4, -0.2) is 71.1 Å². The van der Waals surface area contributed by atoms with E-state index in [-0.39, 0.29) is 24.9 Å². The van der Waals surface area contributed by atoms with Gasteiger partial charge >= 0.3 is 0 Å². The standard InChI is InChI=1S/C13H25NO6/c1-3-17-6-7-19-9-8-18-5-4-14-13(16)11-20-10-12(2)15/h3-11H2,1-2H3,(H,14,16). The number of amides is 1. The zero-order valence-corrected chi connectivity index (χ0v) is 12.3. The second-order valence-electron chi connectivity index (χ2n) is 3.97. The van der Waals surface area contributed by atoms with Gasteiger partial charge in [0.1, 0.15) is 13.2 Å². The second-order valence-corrected chi connectivity index (χ2v) is 3.97. The number of hydrogen-bond acceptors (Lipinski definition) is 6. The van der Waals surface area contributed by atoms with Crippen molar-refractivity contribution in [2.24, 2.45) is 0 Å². The predicted octanol–water partition coefficient (Wildman–Crippen LogP) is -0.222. The van der Waals surface area contributed by atoms with Crippen LogP contribution in [-0.2, 0) is 28.5 Å². The van der Waals surface area contributed by atoms with Crippen molar-refractivity contribution in [2.75, 3.05) is 59.4 Å². The van der Waals surface area contributed by atoms with Gasteiger partial charge in [0.15, 0.2) is 5.78 Å². The van der Waals surface area contributed by atoms with Gasteiger partial charge in [0.2, 0.25) is 5.91 Å². The van der Waals surface area contributed by atoms with Crippen molar-refractivity contribution in [1.82, 2.24) is 5.32 Å². The van der Waals surface area contributed by atoms with Crippen molar-refractivity contribution in [1.29, 1.82) is 0 Å². The molecule has 1 amide bonds. The van der Waals surface area contributed by atoms with Crippen molar-refractivity contribution in [3.63, 3.8) is 0 Å². The fourth-order valence-electron chi connectivity index (χ4n) is 1.19. The number of ether oxygens (including phenoxy) is 4. The molecule has 20 heavy (non-hydrogen) atoms. The average Bonchev–Trinajstić information content (AvgIpc) is 2.40. The Kier molecular flexibility index (Phi) is 13.7. The van der Waals surface area contributed by atoms with Crippen molar-refractivity contribution in [3.05, 3.63) is 0 Å². The van der Waals surface area contributed by atoms with Crippen molar-refractivity contribution >= 4 is 11.7 Å². The van der Waals surface area contributed by atoms with E-state index in [4.69, 9.17) is 18.9 Å². The topological polar surface area (TPSA) is 83.1 Å². The van der Waals surface area contributed by atoms with E-state index in [0.29, 0.717) is 46.2 Å². The summed E-state index contributed by atoms with van der Waals surface area (Å²) in [4.78, 5) is 21.8. The van der Waals surface area contributed by atoms with Gasteiger partial charge in [-0.15, -0.1) is 0 Å². The smallest absolute Gasteiger partial charge is 0.246 e. The Labute approximate surface area is 119 Å². The third-order valence-corrected chi connectivity index (χ3v) is 2.06. The minimum absolute atomic E-state index is 0.0387. The van der Waals surface area contributed by atoms with Crippen LogP contribution in [0.25, 0.3) is 0 Å². The van der Waals surface area contributed by atoms with Gasteiger partial charge in [-0.25, -0.2) is 0 Å². The largest absolute Gasteiger partial charge is 0.379 e. The van der Waals surface area contributed by atoms with Crippen LogP contribution < -0.4 is 5.32 Å². The molecule has 0 atom stereocenters. The van der Waals surface area contributed by atoms with E-state index in [0.717, 1.165) is 0 Å². The quantitative estimate of drug-likeness (QED) is 0.445. The Balaban J connectivity index is 3.15. The molecule has 0 spiro atoms. The van der Waals surface area contributed by atoms with Crippen molar-refractivity contribution in [3.8, 4) is 0 Å². The molecule has 0 heterocycles. The highest BCUT2D eigenvalue weighted by molar-refractivity contribution is 5.79. The predicted molar refractivity (Wildman–Crippen MR) is 72.6 cm³/mol. The maximum Gasteiger partial charge on any atom is 0.246 e. The first-order chi connectivity index (χ1) is 9.66. The van der Waals surface area contributed by atoms with Crippen LogP contribution in [0.15, 0.2) is 0 Å². The summed E-state index contributed by atoms with van der Waals surface area (Å²) in [5.74, 6) is -0.367. The normalized spacial score (nSPS) is 10.5. The molecule has 0 saturated carbocycles. The van der Waals surface area contributed by atoms with Crippen LogP contribution in [0, 0.1) is 0 Å². The summed E-state index contributed by atoms with van der Waals surface area (Å²) < 4.78 is 20.5. The first-order valence-electron chi connectivity index (χ1n) is 6.74. The van der Waals surface area contributed by atoms with Gasteiger partial charge in [-0.05, 0) is 13.8 Å². The molecule has 7 nitrogen and oxygen atoms in total. The van der Waals surface area contributed by atoms with Gasteiger partial charge in [-0.2, -0.15) is 0 Å². The van der Waals surface area contributed by atoms with E-state index >= 15 is 0 Å². The molecule has 0 saturated heterocycles. The first-order valence-corrected chi connectivity index (χ1v) is 6.74. The maximum atomic E-state index is 11.2. The molecule has 0 unspecified atom stereocenters. The fraction of sp³-hybridized carbons (Fsp3) is 0.846. The SMILES string of the molecule is CCOCCOCCOCCNC(=O)COCC(C)=O. The maximum absolute atomic E-state index is 11.2. The lowest BCUT2D eigenvalue weighted by Crippen LogP contribution is -2.31. The zero-order chi connectivity index (χ0) is 15.1. The molecule has 0 aliphatic heterocycles. The molecule has 0 aromatic heterocycles. The highest BCUT2D eigenvalue weighted by Crippen LogP contribution is 1.81. The summed E-state index contributed by atoms with van der Waals surface area (Å²) in [5.41, 5.74) is 0. The van der Waals surface area contributed by atoms with Gasteiger partial charge in [-0.3, -0.25) is 9.59 Å². The Morgan fingerprint density at radius 1 is 0.850 bits per heavy atom. The Morgan fingerprint density at radius 2 is 1.45 bits per heavy atom. The first kappa shape index (κ1) is 19.0. The summed E-state index contributed by atoms with van der Waals surface area (Å²) in [6, 6.07) is 0. The van der Waals surface area contributed by atoms with Gasteiger partial charge in [0.05, 0.1) is 33.0 Å². The number of hydrogen-bond donors (Lipinski definition) is 1. The number of carbonyl (C=O) groups is 2. The van der Waals surface area contributed by atoms with E-state index in [9.17, 15) is 9.59 Å². The lowest BCUT2D eigenvalue weighted by Gasteiger charge is -2.07. The van der Waals surface area contributed by atoms with E-state index in [1.807, 2.05) is 6.92 Å². The van der Waals surface area contributed by atoms with Gasteiger partial charge in [-0.1, -0.05) is 0 Å². The van der Waals surface area contributed by atoms with E-state index in [1.54, 1.807) is 0 Å². The van der Waals surface area contributed by atoms with E-state index in [1.165, 1.54) is 6.92 Å². The molecule has 118 valence electrons. The van der Waals surface area contributed by atoms with Crippen LogP contribution in [0.3, 0.4) is 0 Å². The summed E-state index contributed by atoms with van der Waals surface area (Å²) >= 11 is 0. The van der Waals surface area contributed by atoms with Crippen LogP contribution in [0.4, 0.5) is 0 Å². The van der Waals surface area contributed by atoms with E-state index in [2.05, 4.69) is 5.32 Å². The average molecular weight is 291 g/mol. The van der Waals surface area contributed by atoms with Gasteiger partial charge < -0.3 is 24.3 Å². The summed E-state index contributed by atoms with van der Waals surface area (Å²) in [5, 5.41) is 2.61. The fourth-order valence-corrected chi connectivity index (χ4v) is 1.19. The second kappa shape index (κ2) is 14.4. The minimum atomic E-state index is -0.261. The van der Waals surface area contributed by atoms with E-state index < -0.39 is 0 Å². The van der Waals surface area contributed by atoms with Crippen molar-refractivity contribution in [2.45, 2.75) is 13.8 Å². The number of rotatable bonds is 14. The molecule has 0 aromatic rings. The lowest BCUT2D eigenvalue weighted by atomic mass is 10.5. The molecule has 0 bridgehead atoms. The summed E-state index contributed by atoms with van der Waals surface area (Å²) in [6.07, 6.45) is 0. The molecular formula is C13H25NO6. The van der Waals surface area contributed by atoms with Crippen LogP contribution in [0.2, 0.25) is 0 Å². The molecule has 0 rings (SSSR count). The molecule has 0 aliphatic rings. The highest BCUT2D eigenvalue weighted by Gasteiger charge is 2.01. The summed E-state index contributed by atoms with van der Waals surface area (Å²) in [6.45, 7) is 6.82. The van der Waals surface area contributed by atoms with Gasteiger partial charge in [0, 0.05) is 13.2 Å². The molecule has 1 N–H and O–H groups in total. The third kappa shape index (κ3) is 15.0. The Hall–Kier alpha value is -1.02. The van der Waals surface area contributed by atoms with Crippen LogP contribution in [0.1, 0.15) is 13.8 Å². The number of carbonyl (C=O) groups excluding carboxylic acids is 2. The highest BCUT2D eigenvalue weighted by atomic mass is 16.5. The molecule has 0 aliphatic carbocycles. The summed E-state index contributed by atoms with van der Waals surface area (Å²) in [7, 11) is 0. The van der Waals surface area contributed by atoms with Gasteiger partial charge in [0.25, 0.3) is 0 Å². The molecule has 0 fully saturated rings. The molecule has 0 aromatic carbocycles. The molecular weight excluding hydrogens is 266 g/mol. The number of nitrogens with one attached hydrogen (secondary N) is 1. The van der Waals surface area contributed by atoms with Crippen LogP contribution in [0.5, 0.6) is 0 Å². The van der Waals surface area contributed by atoms with Crippen LogP contribution >= 0.6 is 0 Å². The number of ketones is 1.